The standard InChI is InChI=1S/C17H19ClN2O/c1-12-6-3-4-9-16(12)20-17(21)11-19-13(2)14-7-5-8-15(18)10-14/h3-10,13,19H,11H2,1-2H3,(H,20,21). The molecule has 110 valence electrons. The van der Waals surface area contributed by atoms with Crippen molar-refractivity contribution < 1.29 is 4.79 Å². The number of aryl methyl sites for hydroxylation is 1. The van der Waals surface area contributed by atoms with Gasteiger partial charge < -0.3 is 10.6 Å². The first-order chi connectivity index (χ1) is 10.1. The summed E-state index contributed by atoms with van der Waals surface area (Å²) < 4.78 is 0. The van der Waals surface area contributed by atoms with Crippen molar-refractivity contribution in [1.29, 1.82) is 0 Å². The summed E-state index contributed by atoms with van der Waals surface area (Å²) in [4.78, 5) is 12.0. The van der Waals surface area contributed by atoms with Crippen LogP contribution in [0, 0.1) is 6.92 Å². The predicted octanol–water partition coefficient (Wildman–Crippen LogP) is 3.94. The van der Waals surface area contributed by atoms with Gasteiger partial charge in [-0.15, -0.1) is 0 Å². The van der Waals surface area contributed by atoms with E-state index in [9.17, 15) is 4.79 Å². The van der Waals surface area contributed by atoms with Gasteiger partial charge >= 0.3 is 0 Å². The van der Waals surface area contributed by atoms with E-state index in [1.807, 2.05) is 62.4 Å². The summed E-state index contributed by atoms with van der Waals surface area (Å²) in [5, 5.41) is 6.80. The highest BCUT2D eigenvalue weighted by molar-refractivity contribution is 6.30. The van der Waals surface area contributed by atoms with Gasteiger partial charge in [0.15, 0.2) is 0 Å². The van der Waals surface area contributed by atoms with E-state index in [0.717, 1.165) is 16.8 Å². The number of carbonyl (C=O) groups excluding carboxylic acids is 1. The molecule has 1 unspecified atom stereocenters. The number of hydrogen-bond acceptors (Lipinski definition) is 2. The Labute approximate surface area is 130 Å². The molecule has 0 saturated carbocycles. The van der Waals surface area contributed by atoms with Crippen LogP contribution in [0.3, 0.4) is 0 Å². The molecule has 3 nitrogen and oxygen atoms in total. The van der Waals surface area contributed by atoms with Gasteiger partial charge in [0.05, 0.1) is 6.54 Å². The Hall–Kier alpha value is -1.84. The molecule has 21 heavy (non-hydrogen) atoms. The van der Waals surface area contributed by atoms with E-state index in [4.69, 9.17) is 11.6 Å². The Morgan fingerprint density at radius 3 is 2.67 bits per heavy atom. The zero-order valence-corrected chi connectivity index (χ0v) is 12.9. The zero-order valence-electron chi connectivity index (χ0n) is 12.2. The summed E-state index contributed by atoms with van der Waals surface area (Å²) >= 11 is 5.97. The largest absolute Gasteiger partial charge is 0.325 e. The lowest BCUT2D eigenvalue weighted by Crippen LogP contribution is -2.30. The fourth-order valence-electron chi connectivity index (χ4n) is 2.05. The van der Waals surface area contributed by atoms with Crippen molar-refractivity contribution in [3.05, 3.63) is 64.7 Å². The third-order valence-corrected chi connectivity index (χ3v) is 3.57. The molecule has 4 heteroatoms. The Morgan fingerprint density at radius 1 is 1.19 bits per heavy atom. The van der Waals surface area contributed by atoms with Crippen LogP contribution in [0.4, 0.5) is 5.69 Å². The van der Waals surface area contributed by atoms with Crippen LogP contribution in [0.2, 0.25) is 5.02 Å². The first-order valence-corrected chi connectivity index (χ1v) is 7.28. The Balaban J connectivity index is 1.88. The number of rotatable bonds is 5. The number of nitrogens with one attached hydrogen (secondary N) is 2. The molecule has 0 aromatic heterocycles. The molecule has 0 fully saturated rings. The molecule has 0 saturated heterocycles. The van der Waals surface area contributed by atoms with Crippen molar-refractivity contribution in [2.45, 2.75) is 19.9 Å². The average molecular weight is 303 g/mol. The van der Waals surface area contributed by atoms with Gasteiger partial charge in [0.2, 0.25) is 5.91 Å². The molecule has 2 N–H and O–H groups in total. The molecular formula is C17H19ClN2O. The highest BCUT2D eigenvalue weighted by Crippen LogP contribution is 2.17. The molecule has 2 aromatic rings. The lowest BCUT2D eigenvalue weighted by Gasteiger charge is -2.15. The fourth-order valence-corrected chi connectivity index (χ4v) is 2.25. The molecule has 0 aliphatic heterocycles. The van der Waals surface area contributed by atoms with E-state index in [-0.39, 0.29) is 18.5 Å². The topological polar surface area (TPSA) is 41.1 Å². The Bertz CT molecular complexity index is 628. The Kier molecular flexibility index (Phi) is 5.37. The van der Waals surface area contributed by atoms with E-state index < -0.39 is 0 Å². The summed E-state index contributed by atoms with van der Waals surface area (Å²) in [5.41, 5.74) is 2.96. The van der Waals surface area contributed by atoms with Crippen LogP contribution in [0.1, 0.15) is 24.1 Å². The minimum absolute atomic E-state index is 0.0572. The van der Waals surface area contributed by atoms with Crippen molar-refractivity contribution in [2.24, 2.45) is 0 Å². The van der Waals surface area contributed by atoms with E-state index in [1.165, 1.54) is 0 Å². The molecule has 0 aliphatic carbocycles. The normalized spacial score (nSPS) is 12.0. The zero-order chi connectivity index (χ0) is 15.2. The molecule has 1 atom stereocenters. The van der Waals surface area contributed by atoms with E-state index in [0.29, 0.717) is 5.02 Å². The minimum atomic E-state index is -0.0572. The molecule has 0 heterocycles. The van der Waals surface area contributed by atoms with Gasteiger partial charge in [-0.25, -0.2) is 0 Å². The second-order valence-corrected chi connectivity index (χ2v) is 5.46. The van der Waals surface area contributed by atoms with E-state index in [2.05, 4.69) is 10.6 Å². The fraction of sp³-hybridized carbons (Fsp3) is 0.235. The molecule has 0 spiro atoms. The second-order valence-electron chi connectivity index (χ2n) is 5.02. The van der Waals surface area contributed by atoms with E-state index >= 15 is 0 Å². The monoisotopic (exact) mass is 302 g/mol. The van der Waals surface area contributed by atoms with Crippen LogP contribution < -0.4 is 10.6 Å². The van der Waals surface area contributed by atoms with Crippen LogP contribution in [0.25, 0.3) is 0 Å². The molecule has 2 aromatic carbocycles. The SMILES string of the molecule is Cc1ccccc1NC(=O)CNC(C)c1cccc(Cl)c1. The molecular weight excluding hydrogens is 284 g/mol. The summed E-state index contributed by atoms with van der Waals surface area (Å²) in [7, 11) is 0. The molecule has 0 bridgehead atoms. The molecule has 2 rings (SSSR count). The number of halogens is 1. The van der Waals surface area contributed by atoms with Gasteiger partial charge in [-0.05, 0) is 43.2 Å². The van der Waals surface area contributed by atoms with Crippen molar-refractivity contribution in [3.63, 3.8) is 0 Å². The van der Waals surface area contributed by atoms with Crippen LogP contribution in [-0.2, 0) is 4.79 Å². The summed E-state index contributed by atoms with van der Waals surface area (Å²) in [6, 6.07) is 15.4. The Morgan fingerprint density at radius 2 is 1.95 bits per heavy atom. The predicted molar refractivity (Wildman–Crippen MR) is 87.7 cm³/mol. The van der Waals surface area contributed by atoms with Crippen LogP contribution >= 0.6 is 11.6 Å². The summed E-state index contributed by atoms with van der Waals surface area (Å²) in [6.45, 7) is 4.23. The lowest BCUT2D eigenvalue weighted by molar-refractivity contribution is -0.115. The molecule has 1 amide bonds. The molecule has 0 radical (unpaired) electrons. The molecule has 0 aliphatic rings. The van der Waals surface area contributed by atoms with Gasteiger partial charge in [-0.3, -0.25) is 4.79 Å². The van der Waals surface area contributed by atoms with Gasteiger partial charge in [0.1, 0.15) is 0 Å². The number of benzene rings is 2. The first kappa shape index (κ1) is 15.5. The third kappa shape index (κ3) is 4.59. The summed E-state index contributed by atoms with van der Waals surface area (Å²) in [5.74, 6) is -0.0572. The lowest BCUT2D eigenvalue weighted by atomic mass is 10.1. The third-order valence-electron chi connectivity index (χ3n) is 3.34. The summed E-state index contributed by atoms with van der Waals surface area (Å²) in [6.07, 6.45) is 0. The average Bonchev–Trinajstić information content (AvgIpc) is 2.47. The number of amides is 1. The van der Waals surface area contributed by atoms with Crippen LogP contribution in [0.5, 0.6) is 0 Å². The maximum absolute atomic E-state index is 12.0. The maximum Gasteiger partial charge on any atom is 0.238 e. The van der Waals surface area contributed by atoms with Crippen molar-refractivity contribution in [1.82, 2.24) is 5.32 Å². The van der Waals surface area contributed by atoms with Gasteiger partial charge in [0, 0.05) is 16.8 Å². The number of anilines is 1. The van der Waals surface area contributed by atoms with Crippen molar-refractivity contribution in [3.8, 4) is 0 Å². The van der Waals surface area contributed by atoms with Gasteiger partial charge in [0.25, 0.3) is 0 Å². The highest BCUT2D eigenvalue weighted by Gasteiger charge is 2.09. The van der Waals surface area contributed by atoms with Gasteiger partial charge in [-0.2, -0.15) is 0 Å². The quantitative estimate of drug-likeness (QED) is 0.878. The number of para-hydroxylation sites is 1. The number of carbonyl (C=O) groups is 1. The van der Waals surface area contributed by atoms with Gasteiger partial charge in [-0.1, -0.05) is 41.9 Å². The van der Waals surface area contributed by atoms with E-state index in [1.54, 1.807) is 0 Å². The second kappa shape index (κ2) is 7.25. The number of hydrogen-bond donors (Lipinski definition) is 2. The smallest absolute Gasteiger partial charge is 0.238 e. The van der Waals surface area contributed by atoms with Crippen molar-refractivity contribution >= 4 is 23.2 Å². The van der Waals surface area contributed by atoms with Crippen LogP contribution in [-0.4, -0.2) is 12.5 Å². The van der Waals surface area contributed by atoms with Crippen LogP contribution in [0.15, 0.2) is 48.5 Å². The highest BCUT2D eigenvalue weighted by atomic mass is 35.5. The maximum atomic E-state index is 12.0. The van der Waals surface area contributed by atoms with Crippen molar-refractivity contribution in [2.75, 3.05) is 11.9 Å². The first-order valence-electron chi connectivity index (χ1n) is 6.90. The minimum Gasteiger partial charge on any atom is -0.325 e.